The molecule has 0 atom stereocenters. The molecular formula is C26H23Cl2N2O3-. The number of nitrogens with one attached hydrogen (secondary N) is 1. The summed E-state index contributed by atoms with van der Waals surface area (Å²) in [5.74, 6) is 0.425. The Balaban J connectivity index is 0.00000306. The predicted molar refractivity (Wildman–Crippen MR) is 128 cm³/mol. The number of nitrogens with zero attached hydrogens (tertiary/aromatic N) is 1. The number of ether oxygens (including phenoxy) is 2. The highest BCUT2D eigenvalue weighted by Crippen LogP contribution is 2.28. The third-order valence-electron chi connectivity index (χ3n) is 4.90. The van der Waals surface area contributed by atoms with Crippen LogP contribution < -0.4 is 22.5 Å². The summed E-state index contributed by atoms with van der Waals surface area (Å²) in [6.45, 7) is 4.53. The second-order valence-corrected chi connectivity index (χ2v) is 7.76. The third kappa shape index (κ3) is 6.15. The number of benzene rings is 3. The van der Waals surface area contributed by atoms with Crippen LogP contribution in [0.1, 0.15) is 28.5 Å². The predicted octanol–water partition coefficient (Wildman–Crippen LogP) is 3.70. The Morgan fingerprint density at radius 2 is 1.73 bits per heavy atom. The summed E-state index contributed by atoms with van der Waals surface area (Å²) in [5.41, 5.74) is 5.01. The maximum absolute atomic E-state index is 12.2. The Hall–Kier alpha value is -3.28. The molecule has 0 spiro atoms. The van der Waals surface area contributed by atoms with Crippen LogP contribution in [0.3, 0.4) is 0 Å². The van der Waals surface area contributed by atoms with Crippen LogP contribution in [0, 0.1) is 6.92 Å². The number of fused-ring (bicyclic) bond motifs is 1. The summed E-state index contributed by atoms with van der Waals surface area (Å²) in [6, 6.07) is 22.7. The van der Waals surface area contributed by atoms with Crippen molar-refractivity contribution in [2.45, 2.75) is 20.5 Å². The van der Waals surface area contributed by atoms with Gasteiger partial charge >= 0.3 is 5.97 Å². The number of aromatic nitrogens is 1. The average Bonchev–Trinajstić information content (AvgIpc) is 2.79. The molecule has 170 valence electrons. The average molecular weight is 482 g/mol. The molecule has 0 saturated heterocycles. The normalized spacial score (nSPS) is 10.4. The van der Waals surface area contributed by atoms with Gasteiger partial charge in [-0.2, -0.15) is 0 Å². The van der Waals surface area contributed by atoms with Crippen molar-refractivity contribution in [3.8, 4) is 5.75 Å². The van der Waals surface area contributed by atoms with Crippen molar-refractivity contribution in [3.63, 3.8) is 0 Å². The van der Waals surface area contributed by atoms with E-state index >= 15 is 0 Å². The third-order valence-corrected chi connectivity index (χ3v) is 5.15. The maximum atomic E-state index is 12.2. The number of rotatable bonds is 7. The zero-order valence-corrected chi connectivity index (χ0v) is 19.8. The van der Waals surface area contributed by atoms with Crippen LogP contribution in [0.5, 0.6) is 5.75 Å². The first kappa shape index (κ1) is 24.4. The summed E-state index contributed by atoms with van der Waals surface area (Å²) >= 11 is 5.92. The molecule has 5 nitrogen and oxygen atoms in total. The second-order valence-electron chi connectivity index (χ2n) is 7.33. The van der Waals surface area contributed by atoms with E-state index in [1.807, 2.05) is 73.7 Å². The Morgan fingerprint density at radius 3 is 2.42 bits per heavy atom. The molecule has 0 radical (unpaired) electrons. The molecule has 1 N–H and O–H groups in total. The van der Waals surface area contributed by atoms with Crippen molar-refractivity contribution in [1.82, 2.24) is 4.98 Å². The quantitative estimate of drug-likeness (QED) is 0.407. The van der Waals surface area contributed by atoms with Crippen molar-refractivity contribution in [1.29, 1.82) is 0 Å². The minimum atomic E-state index is -0.344. The number of halogens is 2. The zero-order valence-electron chi connectivity index (χ0n) is 18.3. The Bertz CT molecular complexity index is 1240. The van der Waals surface area contributed by atoms with E-state index in [2.05, 4.69) is 10.3 Å². The van der Waals surface area contributed by atoms with Gasteiger partial charge in [0.1, 0.15) is 12.4 Å². The minimum absolute atomic E-state index is 0. The van der Waals surface area contributed by atoms with Gasteiger partial charge in [0.05, 0.1) is 17.7 Å². The first-order valence-electron chi connectivity index (χ1n) is 10.3. The van der Waals surface area contributed by atoms with Crippen molar-refractivity contribution in [2.75, 3.05) is 11.9 Å². The summed E-state index contributed by atoms with van der Waals surface area (Å²) in [4.78, 5) is 16.7. The van der Waals surface area contributed by atoms with Crippen LogP contribution in [0.15, 0.2) is 72.8 Å². The second kappa shape index (κ2) is 11.0. The fourth-order valence-corrected chi connectivity index (χ4v) is 3.47. The maximum Gasteiger partial charge on any atom is 0.338 e. The number of hydrogen-bond acceptors (Lipinski definition) is 5. The van der Waals surface area contributed by atoms with Crippen molar-refractivity contribution in [3.05, 3.63) is 94.6 Å². The molecule has 4 rings (SSSR count). The van der Waals surface area contributed by atoms with Gasteiger partial charge in [0.15, 0.2) is 0 Å². The van der Waals surface area contributed by atoms with Crippen LogP contribution in [-0.2, 0) is 11.3 Å². The lowest BCUT2D eigenvalue weighted by atomic mass is 10.1. The zero-order chi connectivity index (χ0) is 22.5. The Labute approximate surface area is 204 Å². The van der Waals surface area contributed by atoms with Gasteiger partial charge in [-0.15, -0.1) is 0 Å². The molecule has 0 aliphatic carbocycles. The number of hydrogen-bond donors (Lipinski definition) is 1. The van der Waals surface area contributed by atoms with Gasteiger partial charge in [-0.3, -0.25) is 4.98 Å². The van der Waals surface area contributed by atoms with E-state index < -0.39 is 0 Å². The first-order valence-corrected chi connectivity index (χ1v) is 10.7. The highest BCUT2D eigenvalue weighted by Gasteiger charge is 2.11. The van der Waals surface area contributed by atoms with Gasteiger partial charge < -0.3 is 27.2 Å². The highest BCUT2D eigenvalue weighted by atomic mass is 35.5. The number of carbonyl (C=O) groups is 1. The topological polar surface area (TPSA) is 60.5 Å². The van der Waals surface area contributed by atoms with E-state index in [1.54, 1.807) is 13.0 Å². The van der Waals surface area contributed by atoms with E-state index in [4.69, 9.17) is 21.1 Å². The summed E-state index contributed by atoms with van der Waals surface area (Å²) < 4.78 is 11.0. The van der Waals surface area contributed by atoms with Crippen LogP contribution in [0.25, 0.3) is 10.9 Å². The molecule has 0 aliphatic heterocycles. The van der Waals surface area contributed by atoms with Gasteiger partial charge in [0.25, 0.3) is 0 Å². The van der Waals surface area contributed by atoms with Crippen molar-refractivity contribution in [2.24, 2.45) is 0 Å². The molecule has 7 heteroatoms. The van der Waals surface area contributed by atoms with E-state index in [1.165, 1.54) is 0 Å². The fourth-order valence-electron chi connectivity index (χ4n) is 3.34. The monoisotopic (exact) mass is 481 g/mol. The van der Waals surface area contributed by atoms with Crippen LogP contribution in [0.2, 0.25) is 5.02 Å². The molecular weight excluding hydrogens is 459 g/mol. The van der Waals surface area contributed by atoms with E-state index in [9.17, 15) is 4.79 Å². The Morgan fingerprint density at radius 1 is 1.00 bits per heavy atom. The van der Waals surface area contributed by atoms with Gasteiger partial charge in [-0.25, -0.2) is 4.79 Å². The molecule has 1 aromatic heterocycles. The molecule has 33 heavy (non-hydrogen) atoms. The van der Waals surface area contributed by atoms with Gasteiger partial charge in [-0.1, -0.05) is 23.7 Å². The SMILES string of the molecule is CCOC(=O)c1ccc2nc(C)cc(Nc3ccc(OCc4ccc(Cl)cc4)cc3)c2c1.[Cl-]. The first-order chi connectivity index (χ1) is 15.5. The number of aryl methyl sites for hydroxylation is 1. The molecule has 0 fully saturated rings. The fraction of sp³-hybridized carbons (Fsp3) is 0.154. The molecule has 0 saturated carbocycles. The van der Waals surface area contributed by atoms with Gasteiger partial charge in [-0.05, 0) is 80.1 Å². The molecule has 0 amide bonds. The number of pyridine rings is 1. The lowest BCUT2D eigenvalue weighted by Crippen LogP contribution is -3.00. The Kier molecular flexibility index (Phi) is 8.15. The number of carbonyl (C=O) groups excluding carboxylic acids is 1. The van der Waals surface area contributed by atoms with E-state index in [-0.39, 0.29) is 18.4 Å². The number of anilines is 2. The summed E-state index contributed by atoms with van der Waals surface area (Å²) in [6.07, 6.45) is 0. The van der Waals surface area contributed by atoms with Crippen molar-refractivity contribution >= 4 is 39.8 Å². The molecule has 0 bridgehead atoms. The van der Waals surface area contributed by atoms with Crippen molar-refractivity contribution < 1.29 is 26.7 Å². The molecule has 0 unspecified atom stereocenters. The molecule has 1 heterocycles. The minimum Gasteiger partial charge on any atom is -1.00 e. The largest absolute Gasteiger partial charge is 1.00 e. The van der Waals surface area contributed by atoms with E-state index in [0.717, 1.165) is 39.3 Å². The lowest BCUT2D eigenvalue weighted by Gasteiger charge is -2.13. The standard InChI is InChI=1S/C26H23ClN2O3.ClH/c1-3-31-26(30)19-6-13-24-23(15-19)25(14-17(2)28-24)29-21-9-11-22(12-10-21)32-16-18-4-7-20(27)8-5-18;/h4-15H,3,16H2,1-2H3,(H,28,29);1H/p-1. The summed E-state index contributed by atoms with van der Waals surface area (Å²) in [7, 11) is 0. The summed E-state index contributed by atoms with van der Waals surface area (Å²) in [5, 5.41) is 4.99. The van der Waals surface area contributed by atoms with Crippen LogP contribution in [-0.4, -0.2) is 17.6 Å². The number of esters is 1. The molecule has 4 aromatic rings. The van der Waals surface area contributed by atoms with Gasteiger partial charge in [0.2, 0.25) is 0 Å². The van der Waals surface area contributed by atoms with Gasteiger partial charge in [0, 0.05) is 27.5 Å². The lowest BCUT2D eigenvalue weighted by molar-refractivity contribution is -0.0000247. The van der Waals surface area contributed by atoms with E-state index in [0.29, 0.717) is 23.8 Å². The molecule has 3 aromatic carbocycles. The smallest absolute Gasteiger partial charge is 0.338 e. The molecule has 0 aliphatic rings. The van der Waals surface area contributed by atoms with Crippen LogP contribution in [0.4, 0.5) is 11.4 Å². The van der Waals surface area contributed by atoms with Crippen LogP contribution >= 0.6 is 11.6 Å². The highest BCUT2D eigenvalue weighted by molar-refractivity contribution is 6.30.